The van der Waals surface area contributed by atoms with Crippen molar-refractivity contribution in [3.63, 3.8) is 0 Å². The fourth-order valence-electron chi connectivity index (χ4n) is 1.57. The molecular formula is C12H18BNO4. The normalized spacial score (nSPS) is 10.2. The highest BCUT2D eigenvalue weighted by Gasteiger charge is 2.14. The molecule has 0 unspecified atom stereocenters. The lowest BCUT2D eigenvalue weighted by Gasteiger charge is -2.17. The molecule has 1 rings (SSSR count). The second-order valence-corrected chi connectivity index (χ2v) is 4.07. The van der Waals surface area contributed by atoms with Gasteiger partial charge in [-0.2, -0.15) is 0 Å². The van der Waals surface area contributed by atoms with Crippen molar-refractivity contribution in [3.05, 3.63) is 29.8 Å². The molecular weight excluding hydrogens is 233 g/mol. The van der Waals surface area contributed by atoms with E-state index in [0.29, 0.717) is 24.2 Å². The maximum Gasteiger partial charge on any atom is 0.488 e. The molecule has 0 saturated heterocycles. The average molecular weight is 251 g/mol. The summed E-state index contributed by atoms with van der Waals surface area (Å²) in [4.78, 5) is 13.6. The van der Waals surface area contributed by atoms with Crippen molar-refractivity contribution in [3.8, 4) is 0 Å². The van der Waals surface area contributed by atoms with E-state index in [-0.39, 0.29) is 5.91 Å². The molecule has 0 aromatic heterocycles. The van der Waals surface area contributed by atoms with Crippen LogP contribution in [0.1, 0.15) is 16.8 Å². The monoisotopic (exact) mass is 251 g/mol. The molecule has 0 bridgehead atoms. The number of amides is 1. The second kappa shape index (κ2) is 7.15. The van der Waals surface area contributed by atoms with Gasteiger partial charge in [-0.3, -0.25) is 4.79 Å². The van der Waals surface area contributed by atoms with Gasteiger partial charge in [0.25, 0.3) is 5.91 Å². The standard InChI is InChI=1S/C12H18BNO4/c1-14(8-3-9-18-2)12(15)10-4-6-11(7-5-10)13(16)17/h4-7,16-17H,3,8-9H2,1-2H3. The first kappa shape index (κ1) is 14.7. The number of carbonyl (C=O) groups is 1. The SMILES string of the molecule is COCCCN(C)C(=O)c1ccc(B(O)O)cc1. The van der Waals surface area contributed by atoms with Gasteiger partial charge < -0.3 is 19.7 Å². The van der Waals surface area contributed by atoms with Gasteiger partial charge in [0.15, 0.2) is 0 Å². The van der Waals surface area contributed by atoms with Crippen LogP contribution in [0.2, 0.25) is 0 Å². The van der Waals surface area contributed by atoms with E-state index in [1.54, 1.807) is 31.2 Å². The average Bonchev–Trinajstić information content (AvgIpc) is 2.38. The van der Waals surface area contributed by atoms with Crippen molar-refractivity contribution in [1.29, 1.82) is 0 Å². The Hall–Kier alpha value is -1.37. The molecule has 0 spiro atoms. The van der Waals surface area contributed by atoms with Crippen molar-refractivity contribution in [1.82, 2.24) is 4.90 Å². The quantitative estimate of drug-likeness (QED) is 0.527. The Morgan fingerprint density at radius 3 is 2.44 bits per heavy atom. The van der Waals surface area contributed by atoms with Gasteiger partial charge in [0.1, 0.15) is 0 Å². The van der Waals surface area contributed by atoms with E-state index < -0.39 is 7.12 Å². The van der Waals surface area contributed by atoms with Crippen LogP contribution in [0.5, 0.6) is 0 Å². The smallest absolute Gasteiger partial charge is 0.423 e. The Bertz CT molecular complexity index is 380. The van der Waals surface area contributed by atoms with Crippen molar-refractivity contribution in [2.24, 2.45) is 0 Å². The van der Waals surface area contributed by atoms with Crippen molar-refractivity contribution in [2.75, 3.05) is 27.3 Å². The van der Waals surface area contributed by atoms with Crippen molar-refractivity contribution in [2.45, 2.75) is 6.42 Å². The topological polar surface area (TPSA) is 70.0 Å². The molecule has 5 nitrogen and oxygen atoms in total. The summed E-state index contributed by atoms with van der Waals surface area (Å²) in [5, 5.41) is 17.9. The molecule has 1 aromatic carbocycles. The molecule has 0 aliphatic carbocycles. The van der Waals surface area contributed by atoms with E-state index in [1.807, 2.05) is 0 Å². The predicted octanol–water partition coefficient (Wildman–Crippen LogP) is -0.525. The predicted molar refractivity (Wildman–Crippen MR) is 69.7 cm³/mol. The number of ether oxygens (including phenoxy) is 1. The lowest BCUT2D eigenvalue weighted by molar-refractivity contribution is 0.0779. The molecule has 2 N–H and O–H groups in total. The van der Waals surface area contributed by atoms with E-state index in [0.717, 1.165) is 6.42 Å². The molecule has 0 saturated carbocycles. The molecule has 6 heteroatoms. The molecule has 98 valence electrons. The number of hydrogen-bond donors (Lipinski definition) is 2. The van der Waals surface area contributed by atoms with Crippen LogP contribution in [0.4, 0.5) is 0 Å². The third-order valence-corrected chi connectivity index (χ3v) is 2.64. The van der Waals surface area contributed by atoms with Crippen molar-refractivity contribution >= 4 is 18.5 Å². The minimum atomic E-state index is -1.51. The Balaban J connectivity index is 2.60. The molecule has 0 aliphatic heterocycles. The number of hydrogen-bond acceptors (Lipinski definition) is 4. The summed E-state index contributed by atoms with van der Waals surface area (Å²) in [6.07, 6.45) is 0.784. The fourth-order valence-corrected chi connectivity index (χ4v) is 1.57. The highest BCUT2D eigenvalue weighted by atomic mass is 16.5. The molecule has 1 aromatic rings. The summed E-state index contributed by atoms with van der Waals surface area (Å²) in [6, 6.07) is 6.23. The van der Waals surface area contributed by atoms with Crippen molar-refractivity contribution < 1.29 is 19.6 Å². The zero-order chi connectivity index (χ0) is 13.5. The Kier molecular flexibility index (Phi) is 5.84. The van der Waals surface area contributed by atoms with Crippen LogP contribution in [0.25, 0.3) is 0 Å². The molecule has 0 radical (unpaired) electrons. The minimum Gasteiger partial charge on any atom is -0.423 e. The summed E-state index contributed by atoms with van der Waals surface area (Å²) in [5.41, 5.74) is 0.896. The number of methoxy groups -OCH3 is 1. The number of rotatable bonds is 6. The summed E-state index contributed by atoms with van der Waals surface area (Å²) < 4.78 is 4.93. The van der Waals surface area contributed by atoms with E-state index in [2.05, 4.69) is 0 Å². The first-order chi connectivity index (χ1) is 8.56. The first-order valence-corrected chi connectivity index (χ1v) is 5.76. The van der Waals surface area contributed by atoms with Gasteiger partial charge in [-0.1, -0.05) is 12.1 Å². The summed E-state index contributed by atoms with van der Waals surface area (Å²) in [5.74, 6) is -0.0925. The fraction of sp³-hybridized carbons (Fsp3) is 0.417. The van der Waals surface area contributed by atoms with Crippen LogP contribution in [0.3, 0.4) is 0 Å². The first-order valence-electron chi connectivity index (χ1n) is 5.76. The van der Waals surface area contributed by atoms with Gasteiger partial charge in [0.2, 0.25) is 0 Å². The highest BCUT2D eigenvalue weighted by molar-refractivity contribution is 6.58. The maximum atomic E-state index is 12.0. The zero-order valence-corrected chi connectivity index (χ0v) is 10.7. The van der Waals surface area contributed by atoms with Gasteiger partial charge in [-0.05, 0) is 24.0 Å². The summed E-state index contributed by atoms with van der Waals surface area (Å²) >= 11 is 0. The lowest BCUT2D eigenvalue weighted by atomic mass is 9.80. The van der Waals surface area contributed by atoms with Gasteiger partial charge in [0.05, 0.1) is 0 Å². The highest BCUT2D eigenvalue weighted by Crippen LogP contribution is 2.03. The van der Waals surface area contributed by atoms with E-state index >= 15 is 0 Å². The van der Waals surface area contributed by atoms with E-state index in [4.69, 9.17) is 14.8 Å². The van der Waals surface area contributed by atoms with Crippen LogP contribution < -0.4 is 5.46 Å². The molecule has 1 amide bonds. The number of nitrogens with zero attached hydrogens (tertiary/aromatic N) is 1. The van der Waals surface area contributed by atoms with E-state index in [1.165, 1.54) is 12.1 Å². The van der Waals surface area contributed by atoms with Crippen LogP contribution >= 0.6 is 0 Å². The van der Waals surface area contributed by atoms with E-state index in [9.17, 15) is 4.79 Å². The van der Waals surface area contributed by atoms with Crippen LogP contribution in [0.15, 0.2) is 24.3 Å². The largest absolute Gasteiger partial charge is 0.488 e. The Morgan fingerprint density at radius 2 is 1.94 bits per heavy atom. The molecule has 0 fully saturated rings. The van der Waals surface area contributed by atoms with Crippen LogP contribution in [-0.2, 0) is 4.74 Å². The van der Waals surface area contributed by atoms with Gasteiger partial charge >= 0.3 is 7.12 Å². The minimum absolute atomic E-state index is 0.0925. The third kappa shape index (κ3) is 4.14. The maximum absolute atomic E-state index is 12.0. The number of carbonyl (C=O) groups excluding carboxylic acids is 1. The second-order valence-electron chi connectivity index (χ2n) is 4.07. The van der Waals surface area contributed by atoms with Gasteiger partial charge in [-0.15, -0.1) is 0 Å². The Morgan fingerprint density at radius 1 is 1.33 bits per heavy atom. The molecule has 0 atom stereocenters. The van der Waals surface area contributed by atoms with Gasteiger partial charge in [0, 0.05) is 32.9 Å². The summed E-state index contributed by atoms with van der Waals surface area (Å²) in [7, 11) is 1.85. The van der Waals surface area contributed by atoms with Crippen LogP contribution in [0, 0.1) is 0 Å². The summed E-state index contributed by atoms with van der Waals surface area (Å²) in [6.45, 7) is 1.24. The third-order valence-electron chi connectivity index (χ3n) is 2.64. The van der Waals surface area contributed by atoms with Gasteiger partial charge in [-0.25, -0.2) is 0 Å². The molecule has 0 heterocycles. The van der Waals surface area contributed by atoms with Crippen LogP contribution in [-0.4, -0.2) is 55.3 Å². The molecule has 0 aliphatic rings. The lowest BCUT2D eigenvalue weighted by Crippen LogP contribution is -2.31. The zero-order valence-electron chi connectivity index (χ0n) is 10.7. The Labute approximate surface area is 107 Å². The molecule has 18 heavy (non-hydrogen) atoms. The number of benzene rings is 1.